The Balaban J connectivity index is 2.45. The van der Waals surface area contributed by atoms with E-state index >= 15 is 0 Å². The van der Waals surface area contributed by atoms with Gasteiger partial charge in [0.2, 0.25) is 0 Å². The summed E-state index contributed by atoms with van der Waals surface area (Å²) in [5.41, 5.74) is 10.9. The van der Waals surface area contributed by atoms with Crippen LogP contribution in [-0.4, -0.2) is 9.85 Å². The van der Waals surface area contributed by atoms with Crippen molar-refractivity contribution in [3.63, 3.8) is 0 Å². The second kappa shape index (κ2) is 6.23. The first kappa shape index (κ1) is 16.1. The molecule has 0 bridgehead atoms. The van der Waals surface area contributed by atoms with Crippen LogP contribution in [0.3, 0.4) is 0 Å². The molecule has 0 amide bonds. The maximum atomic E-state index is 10.8. The number of benzene rings is 2. The van der Waals surface area contributed by atoms with Gasteiger partial charge in [-0.05, 0) is 12.1 Å². The van der Waals surface area contributed by atoms with Gasteiger partial charge in [-0.1, -0.05) is 11.6 Å². The topological polar surface area (TPSA) is 163 Å². The van der Waals surface area contributed by atoms with Crippen LogP contribution in [0.2, 0.25) is 5.02 Å². The molecule has 0 spiro atoms. The molecular weight excluding hydrogens is 328 g/mol. The number of nitrogen functional groups attached to an aromatic ring is 2. The SMILES string of the molecule is Nc1cc(N)c(N=Nc2cc([N+](=O)[O-])cc([N+](=O)[O-])c2)cc1Cl. The van der Waals surface area contributed by atoms with Gasteiger partial charge in [-0.25, -0.2) is 0 Å². The Hall–Kier alpha value is -3.27. The fourth-order valence-corrected chi connectivity index (χ4v) is 1.80. The smallest absolute Gasteiger partial charge is 0.278 e. The highest BCUT2D eigenvalue weighted by atomic mass is 35.5. The molecule has 0 heterocycles. The van der Waals surface area contributed by atoms with E-state index < -0.39 is 21.2 Å². The summed E-state index contributed by atoms with van der Waals surface area (Å²) in [5, 5.41) is 29.3. The number of nitro groups is 2. The average Bonchev–Trinajstić information content (AvgIpc) is 2.49. The zero-order valence-corrected chi connectivity index (χ0v) is 12.1. The average molecular weight is 337 g/mol. The molecule has 10 nitrogen and oxygen atoms in total. The normalized spacial score (nSPS) is 10.8. The highest BCUT2D eigenvalue weighted by molar-refractivity contribution is 6.33. The predicted octanol–water partition coefficient (Wildman–Crippen LogP) is 3.74. The molecule has 0 saturated carbocycles. The summed E-state index contributed by atoms with van der Waals surface area (Å²) in [6.07, 6.45) is 0. The van der Waals surface area contributed by atoms with Crippen LogP contribution < -0.4 is 11.5 Å². The number of nitrogens with zero attached hydrogens (tertiary/aromatic N) is 4. The lowest BCUT2D eigenvalue weighted by Gasteiger charge is -2.03. The summed E-state index contributed by atoms with van der Waals surface area (Å²) in [6.45, 7) is 0. The number of hydrogen-bond acceptors (Lipinski definition) is 8. The molecule has 0 radical (unpaired) electrons. The lowest BCUT2D eigenvalue weighted by molar-refractivity contribution is -0.394. The number of rotatable bonds is 4. The van der Waals surface area contributed by atoms with Crippen LogP contribution >= 0.6 is 11.6 Å². The van der Waals surface area contributed by atoms with Crippen LogP contribution in [0.5, 0.6) is 0 Å². The van der Waals surface area contributed by atoms with Crippen LogP contribution in [0, 0.1) is 20.2 Å². The lowest BCUT2D eigenvalue weighted by Crippen LogP contribution is -1.92. The van der Waals surface area contributed by atoms with Crippen LogP contribution in [-0.2, 0) is 0 Å². The third-order valence-corrected chi connectivity index (χ3v) is 3.06. The van der Waals surface area contributed by atoms with E-state index in [9.17, 15) is 20.2 Å². The molecule has 2 aromatic carbocycles. The third-order valence-electron chi connectivity index (χ3n) is 2.73. The number of halogens is 1. The van der Waals surface area contributed by atoms with Crippen molar-refractivity contribution in [2.75, 3.05) is 11.5 Å². The van der Waals surface area contributed by atoms with Gasteiger partial charge in [0.05, 0.1) is 38.0 Å². The van der Waals surface area contributed by atoms with E-state index in [0.717, 1.165) is 18.2 Å². The summed E-state index contributed by atoms with van der Waals surface area (Å²) >= 11 is 5.84. The zero-order chi connectivity index (χ0) is 17.1. The minimum atomic E-state index is -0.763. The first-order valence-electron chi connectivity index (χ1n) is 5.98. The first-order chi connectivity index (χ1) is 10.8. The second-order valence-electron chi connectivity index (χ2n) is 4.35. The van der Waals surface area contributed by atoms with Crippen LogP contribution in [0.15, 0.2) is 40.6 Å². The Morgan fingerprint density at radius 1 is 0.870 bits per heavy atom. The van der Waals surface area contributed by atoms with Gasteiger partial charge in [0.1, 0.15) is 5.69 Å². The van der Waals surface area contributed by atoms with E-state index in [1.54, 1.807) is 0 Å². The van der Waals surface area contributed by atoms with E-state index in [1.165, 1.54) is 12.1 Å². The summed E-state index contributed by atoms with van der Waals surface area (Å²) in [5.74, 6) is 0. The van der Waals surface area contributed by atoms with E-state index in [2.05, 4.69) is 10.2 Å². The van der Waals surface area contributed by atoms with Crippen LogP contribution in [0.4, 0.5) is 34.1 Å². The largest absolute Gasteiger partial charge is 0.397 e. The molecule has 2 rings (SSSR count). The van der Waals surface area contributed by atoms with Crippen molar-refractivity contribution < 1.29 is 9.85 Å². The molecule has 2 aromatic rings. The molecule has 11 heteroatoms. The van der Waals surface area contributed by atoms with Crippen molar-refractivity contribution in [3.8, 4) is 0 Å². The molecule has 0 fully saturated rings. The van der Waals surface area contributed by atoms with Crippen molar-refractivity contribution in [2.45, 2.75) is 0 Å². The maximum Gasteiger partial charge on any atom is 0.278 e. The molecule has 0 unspecified atom stereocenters. The Kier molecular flexibility index (Phi) is 4.37. The first-order valence-corrected chi connectivity index (χ1v) is 6.36. The van der Waals surface area contributed by atoms with Crippen LogP contribution in [0.1, 0.15) is 0 Å². The number of nitrogens with two attached hydrogens (primary N) is 2. The molecule has 118 valence electrons. The summed E-state index contributed by atoms with van der Waals surface area (Å²) in [4.78, 5) is 20.1. The van der Waals surface area contributed by atoms with Gasteiger partial charge in [-0.3, -0.25) is 20.2 Å². The van der Waals surface area contributed by atoms with Gasteiger partial charge in [0.25, 0.3) is 11.4 Å². The molecule has 23 heavy (non-hydrogen) atoms. The molecule has 0 aromatic heterocycles. The number of nitro benzene ring substituents is 2. The van der Waals surface area contributed by atoms with E-state index in [1.807, 2.05) is 0 Å². The molecule has 0 aliphatic carbocycles. The quantitative estimate of drug-likeness (QED) is 0.373. The van der Waals surface area contributed by atoms with Crippen molar-refractivity contribution in [3.05, 3.63) is 55.6 Å². The minimum absolute atomic E-state index is 0.0711. The lowest BCUT2D eigenvalue weighted by atomic mass is 10.2. The Labute approximate surface area is 133 Å². The molecule has 0 saturated heterocycles. The van der Waals surface area contributed by atoms with E-state index in [4.69, 9.17) is 23.1 Å². The van der Waals surface area contributed by atoms with Gasteiger partial charge >= 0.3 is 0 Å². The zero-order valence-electron chi connectivity index (χ0n) is 11.3. The van der Waals surface area contributed by atoms with Crippen LogP contribution in [0.25, 0.3) is 0 Å². The van der Waals surface area contributed by atoms with Crippen molar-refractivity contribution in [2.24, 2.45) is 10.2 Å². The fraction of sp³-hybridized carbons (Fsp3) is 0. The Morgan fingerprint density at radius 2 is 1.43 bits per heavy atom. The second-order valence-corrected chi connectivity index (χ2v) is 4.76. The number of non-ortho nitro benzene ring substituents is 2. The maximum absolute atomic E-state index is 10.8. The predicted molar refractivity (Wildman–Crippen MR) is 84.2 cm³/mol. The summed E-state index contributed by atoms with van der Waals surface area (Å²) < 4.78 is 0. The summed E-state index contributed by atoms with van der Waals surface area (Å²) in [7, 11) is 0. The van der Waals surface area contributed by atoms with Gasteiger partial charge in [0, 0.05) is 12.1 Å². The van der Waals surface area contributed by atoms with Crippen molar-refractivity contribution >= 4 is 45.7 Å². The Morgan fingerprint density at radius 3 is 1.96 bits per heavy atom. The van der Waals surface area contributed by atoms with Gasteiger partial charge in [-0.15, -0.1) is 10.2 Å². The number of anilines is 2. The standard InChI is InChI=1S/C12H9ClN6O4/c13-9-4-12(11(15)5-10(9)14)17-16-6-1-7(18(20)21)3-8(2-6)19(22)23/h1-5H,14-15H2. The molecule has 0 atom stereocenters. The molecule has 0 aliphatic rings. The number of azo groups is 1. The monoisotopic (exact) mass is 336 g/mol. The van der Waals surface area contributed by atoms with E-state index in [-0.39, 0.29) is 27.8 Å². The minimum Gasteiger partial charge on any atom is -0.397 e. The fourth-order valence-electron chi connectivity index (χ4n) is 1.64. The van der Waals surface area contributed by atoms with Crippen molar-refractivity contribution in [1.29, 1.82) is 0 Å². The Bertz CT molecular complexity index is 806. The highest BCUT2D eigenvalue weighted by Gasteiger charge is 2.16. The molecular formula is C12H9ClN6O4. The number of hydrogen-bond donors (Lipinski definition) is 2. The van der Waals surface area contributed by atoms with Gasteiger partial charge in [0.15, 0.2) is 0 Å². The highest BCUT2D eigenvalue weighted by Crippen LogP contribution is 2.33. The molecule has 0 aliphatic heterocycles. The summed E-state index contributed by atoms with van der Waals surface area (Å²) in [6, 6.07) is 5.67. The third kappa shape index (κ3) is 3.68. The van der Waals surface area contributed by atoms with Gasteiger partial charge in [-0.2, -0.15) is 0 Å². The molecule has 4 N–H and O–H groups in total. The van der Waals surface area contributed by atoms with E-state index in [0.29, 0.717) is 0 Å². The van der Waals surface area contributed by atoms with Gasteiger partial charge < -0.3 is 11.5 Å². The van der Waals surface area contributed by atoms with Crippen molar-refractivity contribution in [1.82, 2.24) is 0 Å².